The monoisotopic (exact) mass is 249 g/mol. The average Bonchev–Trinajstić information content (AvgIpc) is 2.30. The van der Waals surface area contributed by atoms with Crippen molar-refractivity contribution >= 4 is 0 Å². The van der Waals surface area contributed by atoms with E-state index in [1.54, 1.807) is 0 Å². The van der Waals surface area contributed by atoms with Crippen LogP contribution in [0.25, 0.3) is 0 Å². The van der Waals surface area contributed by atoms with Crippen molar-refractivity contribution in [1.82, 2.24) is 5.32 Å². The van der Waals surface area contributed by atoms with E-state index in [1.807, 2.05) is 0 Å². The summed E-state index contributed by atoms with van der Waals surface area (Å²) in [5, 5.41) is 3.49. The summed E-state index contributed by atoms with van der Waals surface area (Å²) in [6.07, 6.45) is 2.45. The molecule has 0 heterocycles. The standard InChI is InChI=1S/C16H27NO/c1-6-9-17-14(4)11-15(5)18-16-8-7-12(2)10-13(16)3/h7-8,10,14-15,17H,6,9,11H2,1-5H3. The van der Waals surface area contributed by atoms with Gasteiger partial charge in [-0.3, -0.25) is 0 Å². The van der Waals surface area contributed by atoms with Gasteiger partial charge in [0.25, 0.3) is 0 Å². The number of nitrogens with one attached hydrogen (secondary N) is 1. The molecule has 0 aliphatic heterocycles. The van der Waals surface area contributed by atoms with E-state index < -0.39 is 0 Å². The molecular weight excluding hydrogens is 222 g/mol. The molecule has 0 aliphatic rings. The van der Waals surface area contributed by atoms with Gasteiger partial charge in [-0.2, -0.15) is 0 Å². The van der Waals surface area contributed by atoms with Crippen molar-refractivity contribution in [2.24, 2.45) is 0 Å². The van der Waals surface area contributed by atoms with E-state index >= 15 is 0 Å². The van der Waals surface area contributed by atoms with Gasteiger partial charge in [0.15, 0.2) is 0 Å². The Kier molecular flexibility index (Phi) is 6.20. The van der Waals surface area contributed by atoms with Gasteiger partial charge in [0.1, 0.15) is 5.75 Å². The molecule has 0 amide bonds. The maximum absolute atomic E-state index is 6.01. The SMILES string of the molecule is CCCNC(C)CC(C)Oc1ccc(C)cc1C. The molecule has 2 heteroatoms. The van der Waals surface area contributed by atoms with Crippen LogP contribution in [0.2, 0.25) is 0 Å². The van der Waals surface area contributed by atoms with E-state index in [0.717, 1.165) is 18.7 Å². The minimum Gasteiger partial charge on any atom is -0.490 e. The van der Waals surface area contributed by atoms with E-state index in [4.69, 9.17) is 4.74 Å². The fourth-order valence-corrected chi connectivity index (χ4v) is 2.17. The number of ether oxygens (including phenoxy) is 1. The molecule has 0 aromatic heterocycles. The fraction of sp³-hybridized carbons (Fsp3) is 0.625. The molecule has 0 saturated carbocycles. The first-order valence-corrected chi connectivity index (χ1v) is 7.00. The van der Waals surface area contributed by atoms with Crippen molar-refractivity contribution in [2.45, 2.75) is 59.6 Å². The van der Waals surface area contributed by atoms with Gasteiger partial charge in [-0.25, -0.2) is 0 Å². The third-order valence-electron chi connectivity index (χ3n) is 3.09. The Morgan fingerprint density at radius 3 is 2.56 bits per heavy atom. The zero-order valence-electron chi connectivity index (χ0n) is 12.4. The lowest BCUT2D eigenvalue weighted by Gasteiger charge is -2.21. The largest absolute Gasteiger partial charge is 0.490 e. The van der Waals surface area contributed by atoms with Crippen LogP contribution in [-0.4, -0.2) is 18.7 Å². The Morgan fingerprint density at radius 1 is 1.22 bits per heavy atom. The molecular formula is C16H27NO. The van der Waals surface area contributed by atoms with E-state index in [-0.39, 0.29) is 6.10 Å². The normalized spacial score (nSPS) is 14.3. The summed E-state index contributed by atoms with van der Waals surface area (Å²) >= 11 is 0. The van der Waals surface area contributed by atoms with E-state index in [1.165, 1.54) is 17.5 Å². The molecule has 2 unspecified atom stereocenters. The van der Waals surface area contributed by atoms with Gasteiger partial charge < -0.3 is 10.1 Å². The van der Waals surface area contributed by atoms with Gasteiger partial charge in [-0.1, -0.05) is 24.6 Å². The van der Waals surface area contributed by atoms with Crippen LogP contribution in [0.15, 0.2) is 18.2 Å². The number of hydrogen-bond acceptors (Lipinski definition) is 2. The van der Waals surface area contributed by atoms with Crippen LogP contribution >= 0.6 is 0 Å². The number of rotatable bonds is 7. The maximum atomic E-state index is 6.01. The van der Waals surface area contributed by atoms with Crippen molar-refractivity contribution in [3.8, 4) is 5.75 Å². The van der Waals surface area contributed by atoms with Crippen molar-refractivity contribution in [2.75, 3.05) is 6.54 Å². The highest BCUT2D eigenvalue weighted by Gasteiger charge is 2.10. The zero-order valence-corrected chi connectivity index (χ0v) is 12.4. The Morgan fingerprint density at radius 2 is 1.94 bits per heavy atom. The second-order valence-corrected chi connectivity index (χ2v) is 5.29. The lowest BCUT2D eigenvalue weighted by atomic mass is 10.1. The average molecular weight is 249 g/mol. The molecule has 0 aliphatic carbocycles. The summed E-state index contributed by atoms with van der Waals surface area (Å²) in [4.78, 5) is 0. The third kappa shape index (κ3) is 5.09. The topological polar surface area (TPSA) is 21.3 Å². The molecule has 0 saturated heterocycles. The first kappa shape index (κ1) is 15.0. The van der Waals surface area contributed by atoms with Gasteiger partial charge in [0.05, 0.1) is 6.10 Å². The highest BCUT2D eigenvalue weighted by atomic mass is 16.5. The molecule has 102 valence electrons. The summed E-state index contributed by atoms with van der Waals surface area (Å²) in [6, 6.07) is 6.85. The second-order valence-electron chi connectivity index (χ2n) is 5.29. The summed E-state index contributed by atoms with van der Waals surface area (Å²) in [6.45, 7) is 11.8. The smallest absolute Gasteiger partial charge is 0.122 e. The first-order chi connectivity index (χ1) is 8.52. The van der Waals surface area contributed by atoms with Crippen LogP contribution in [0.5, 0.6) is 5.75 Å². The van der Waals surface area contributed by atoms with E-state index in [0.29, 0.717) is 6.04 Å². The molecule has 0 radical (unpaired) electrons. The summed E-state index contributed by atoms with van der Waals surface area (Å²) in [5.41, 5.74) is 2.50. The quantitative estimate of drug-likeness (QED) is 0.792. The summed E-state index contributed by atoms with van der Waals surface area (Å²) < 4.78 is 6.01. The lowest BCUT2D eigenvalue weighted by Crippen LogP contribution is -2.31. The molecule has 2 nitrogen and oxygen atoms in total. The van der Waals surface area contributed by atoms with Crippen molar-refractivity contribution < 1.29 is 4.74 Å². The second kappa shape index (κ2) is 7.42. The van der Waals surface area contributed by atoms with Crippen LogP contribution in [-0.2, 0) is 0 Å². The van der Waals surface area contributed by atoms with Crippen LogP contribution in [0.1, 0.15) is 44.7 Å². The molecule has 1 N–H and O–H groups in total. The number of benzene rings is 1. The minimum absolute atomic E-state index is 0.241. The maximum Gasteiger partial charge on any atom is 0.122 e. The molecule has 18 heavy (non-hydrogen) atoms. The highest BCUT2D eigenvalue weighted by molar-refractivity contribution is 5.35. The van der Waals surface area contributed by atoms with E-state index in [2.05, 4.69) is 58.1 Å². The summed E-state index contributed by atoms with van der Waals surface area (Å²) in [7, 11) is 0. The Balaban J connectivity index is 2.46. The van der Waals surface area contributed by atoms with Gasteiger partial charge in [0, 0.05) is 6.04 Å². The predicted octanol–water partition coefficient (Wildman–Crippen LogP) is 3.85. The third-order valence-corrected chi connectivity index (χ3v) is 3.09. The highest BCUT2D eigenvalue weighted by Crippen LogP contribution is 2.21. The molecule has 0 bridgehead atoms. The molecule has 0 spiro atoms. The first-order valence-electron chi connectivity index (χ1n) is 7.00. The number of hydrogen-bond donors (Lipinski definition) is 1. The van der Waals surface area contributed by atoms with Crippen molar-refractivity contribution in [3.05, 3.63) is 29.3 Å². The van der Waals surface area contributed by atoms with Crippen LogP contribution in [0.4, 0.5) is 0 Å². The zero-order chi connectivity index (χ0) is 13.5. The van der Waals surface area contributed by atoms with Gasteiger partial charge in [0.2, 0.25) is 0 Å². The predicted molar refractivity (Wildman–Crippen MR) is 78.4 cm³/mol. The summed E-state index contributed by atoms with van der Waals surface area (Å²) in [5.74, 6) is 1.01. The number of aryl methyl sites for hydroxylation is 2. The molecule has 2 atom stereocenters. The Hall–Kier alpha value is -1.02. The van der Waals surface area contributed by atoms with E-state index in [9.17, 15) is 0 Å². The van der Waals surface area contributed by atoms with Crippen molar-refractivity contribution in [3.63, 3.8) is 0 Å². The molecule has 1 aromatic carbocycles. The van der Waals surface area contributed by atoms with Crippen LogP contribution < -0.4 is 10.1 Å². The minimum atomic E-state index is 0.241. The Labute approximate surface area is 112 Å². The molecule has 0 fully saturated rings. The lowest BCUT2D eigenvalue weighted by molar-refractivity contribution is 0.194. The van der Waals surface area contributed by atoms with Gasteiger partial charge >= 0.3 is 0 Å². The van der Waals surface area contributed by atoms with Gasteiger partial charge in [-0.15, -0.1) is 0 Å². The fourth-order valence-electron chi connectivity index (χ4n) is 2.17. The van der Waals surface area contributed by atoms with Gasteiger partial charge in [-0.05, 0) is 58.7 Å². The molecule has 1 rings (SSSR count). The van der Waals surface area contributed by atoms with Crippen LogP contribution in [0.3, 0.4) is 0 Å². The van der Waals surface area contributed by atoms with Crippen LogP contribution in [0, 0.1) is 13.8 Å². The molecule has 1 aromatic rings. The Bertz CT molecular complexity index is 362. The van der Waals surface area contributed by atoms with Crippen molar-refractivity contribution in [1.29, 1.82) is 0 Å².